The number of halogens is 1. The van der Waals surface area contributed by atoms with Crippen molar-refractivity contribution in [2.45, 2.75) is 32.2 Å². The number of allylic oxidation sites excluding steroid dienone is 2. The summed E-state index contributed by atoms with van der Waals surface area (Å²) in [4.78, 5) is 0. The Morgan fingerprint density at radius 2 is 2.00 bits per heavy atom. The van der Waals surface area contributed by atoms with Gasteiger partial charge in [0.1, 0.15) is 0 Å². The quantitative estimate of drug-likeness (QED) is 0.630. The van der Waals surface area contributed by atoms with Crippen LogP contribution in [0, 0.1) is 19.8 Å². The van der Waals surface area contributed by atoms with Crippen molar-refractivity contribution in [3.63, 3.8) is 0 Å². The Morgan fingerprint density at radius 3 is 2.82 bits per heavy atom. The van der Waals surface area contributed by atoms with Crippen LogP contribution in [0.25, 0.3) is 0 Å². The fourth-order valence-corrected chi connectivity index (χ4v) is 4.52. The van der Waals surface area contributed by atoms with Crippen molar-refractivity contribution < 1.29 is 0 Å². The second-order valence-electron chi connectivity index (χ2n) is 6.58. The minimum absolute atomic E-state index is 0.381. The van der Waals surface area contributed by atoms with Crippen molar-refractivity contribution in [3.05, 3.63) is 75.3 Å². The summed E-state index contributed by atoms with van der Waals surface area (Å²) in [5.74, 6) is 1.15. The molecule has 1 nitrogen and oxygen atoms in total. The molecule has 0 spiro atoms. The maximum Gasteiger partial charge on any atom is 0.0554 e. The Bertz CT molecular complexity index is 762. The van der Waals surface area contributed by atoms with Crippen molar-refractivity contribution in [1.82, 2.24) is 0 Å². The van der Waals surface area contributed by atoms with Gasteiger partial charge < -0.3 is 5.32 Å². The number of aryl methyl sites for hydroxylation is 2. The van der Waals surface area contributed by atoms with E-state index >= 15 is 0 Å². The van der Waals surface area contributed by atoms with Crippen LogP contribution in [0.2, 0.25) is 0 Å². The molecule has 1 heterocycles. The van der Waals surface area contributed by atoms with Gasteiger partial charge in [0.25, 0.3) is 0 Å². The first kappa shape index (κ1) is 14.1. The van der Waals surface area contributed by atoms with Crippen LogP contribution < -0.4 is 5.32 Å². The highest BCUT2D eigenvalue weighted by Gasteiger charge is 2.38. The fourth-order valence-electron chi connectivity index (χ4n) is 4.10. The fraction of sp³-hybridized carbons (Fsp3) is 0.300. The molecule has 0 saturated heterocycles. The van der Waals surface area contributed by atoms with Gasteiger partial charge in [-0.15, -0.1) is 0 Å². The molecular weight excluding hydrogens is 334 g/mol. The van der Waals surface area contributed by atoms with E-state index in [2.05, 4.69) is 83.6 Å². The molecule has 0 fully saturated rings. The normalized spacial score (nSPS) is 25.5. The van der Waals surface area contributed by atoms with E-state index in [0.29, 0.717) is 17.9 Å². The zero-order chi connectivity index (χ0) is 15.3. The first-order valence-corrected chi connectivity index (χ1v) is 8.72. The van der Waals surface area contributed by atoms with E-state index in [1.54, 1.807) is 0 Å². The van der Waals surface area contributed by atoms with Gasteiger partial charge in [0.15, 0.2) is 0 Å². The summed E-state index contributed by atoms with van der Waals surface area (Å²) >= 11 is 3.61. The van der Waals surface area contributed by atoms with E-state index in [0.717, 1.165) is 10.9 Å². The monoisotopic (exact) mass is 353 g/mol. The third kappa shape index (κ3) is 2.21. The highest BCUT2D eigenvalue weighted by Crippen LogP contribution is 2.50. The Kier molecular flexibility index (Phi) is 3.37. The second kappa shape index (κ2) is 5.27. The lowest BCUT2D eigenvalue weighted by Gasteiger charge is -2.38. The van der Waals surface area contributed by atoms with E-state index in [1.165, 1.54) is 27.9 Å². The number of anilines is 1. The molecule has 2 heteroatoms. The van der Waals surface area contributed by atoms with Crippen molar-refractivity contribution in [2.75, 3.05) is 5.32 Å². The van der Waals surface area contributed by atoms with Crippen LogP contribution in [0.3, 0.4) is 0 Å². The lowest BCUT2D eigenvalue weighted by Crippen LogP contribution is -2.29. The highest BCUT2D eigenvalue weighted by atomic mass is 79.9. The van der Waals surface area contributed by atoms with Gasteiger partial charge in [-0.05, 0) is 55.0 Å². The van der Waals surface area contributed by atoms with Gasteiger partial charge in [-0.3, -0.25) is 0 Å². The molecule has 1 N–H and O–H groups in total. The minimum Gasteiger partial charge on any atom is -0.377 e. The van der Waals surface area contributed by atoms with Gasteiger partial charge in [0.05, 0.1) is 6.04 Å². The van der Waals surface area contributed by atoms with Gasteiger partial charge in [-0.2, -0.15) is 0 Å². The number of nitrogens with one attached hydrogen (secondary N) is 1. The molecule has 1 aliphatic carbocycles. The van der Waals surface area contributed by atoms with Gasteiger partial charge in [-0.1, -0.05) is 57.9 Å². The number of hydrogen-bond acceptors (Lipinski definition) is 1. The number of hydrogen-bond donors (Lipinski definition) is 1. The molecule has 0 saturated carbocycles. The summed E-state index contributed by atoms with van der Waals surface area (Å²) < 4.78 is 1.15. The molecule has 0 aromatic heterocycles. The minimum atomic E-state index is 0.381. The Labute approximate surface area is 140 Å². The number of benzene rings is 2. The maximum atomic E-state index is 3.85. The van der Waals surface area contributed by atoms with Crippen LogP contribution in [-0.2, 0) is 0 Å². The maximum absolute atomic E-state index is 3.85. The molecule has 0 amide bonds. The van der Waals surface area contributed by atoms with E-state index in [4.69, 9.17) is 0 Å². The van der Waals surface area contributed by atoms with Crippen LogP contribution in [0.15, 0.2) is 53.0 Å². The molecule has 0 bridgehead atoms. The highest BCUT2D eigenvalue weighted by molar-refractivity contribution is 9.10. The van der Waals surface area contributed by atoms with Crippen LogP contribution >= 0.6 is 15.9 Å². The molecule has 3 atom stereocenters. The summed E-state index contributed by atoms with van der Waals surface area (Å²) in [6.07, 6.45) is 5.92. The largest absolute Gasteiger partial charge is 0.377 e. The van der Waals surface area contributed by atoms with E-state index in [-0.39, 0.29) is 0 Å². The third-order valence-electron chi connectivity index (χ3n) is 5.02. The molecule has 22 heavy (non-hydrogen) atoms. The van der Waals surface area contributed by atoms with Crippen LogP contribution in [-0.4, -0.2) is 0 Å². The number of fused-ring (bicyclic) bond motifs is 3. The van der Waals surface area contributed by atoms with Crippen LogP contribution in [0.4, 0.5) is 5.69 Å². The van der Waals surface area contributed by atoms with Gasteiger partial charge in [0, 0.05) is 16.1 Å². The summed E-state index contributed by atoms with van der Waals surface area (Å²) in [5, 5.41) is 3.85. The average Bonchev–Trinajstić information content (AvgIpc) is 2.96. The molecule has 2 aromatic carbocycles. The molecule has 2 aromatic rings. The van der Waals surface area contributed by atoms with E-state index < -0.39 is 0 Å². The average molecular weight is 354 g/mol. The molecule has 1 aliphatic heterocycles. The molecule has 4 rings (SSSR count). The summed E-state index contributed by atoms with van der Waals surface area (Å²) in [7, 11) is 0. The topological polar surface area (TPSA) is 12.0 Å². The first-order chi connectivity index (χ1) is 10.6. The SMILES string of the molecule is Cc1cc(C)c2c(c1)[C@@H]1C=CC[C@@H]1[C@@H](c1cccc(Br)c1)N2. The first-order valence-electron chi connectivity index (χ1n) is 7.93. The third-order valence-corrected chi connectivity index (χ3v) is 5.51. The van der Waals surface area contributed by atoms with Crippen LogP contribution in [0.5, 0.6) is 0 Å². The van der Waals surface area contributed by atoms with Crippen molar-refractivity contribution in [3.8, 4) is 0 Å². The summed E-state index contributed by atoms with van der Waals surface area (Å²) in [6, 6.07) is 13.7. The van der Waals surface area contributed by atoms with Crippen molar-refractivity contribution >= 4 is 21.6 Å². The van der Waals surface area contributed by atoms with E-state index in [9.17, 15) is 0 Å². The van der Waals surface area contributed by atoms with Crippen molar-refractivity contribution in [2.24, 2.45) is 5.92 Å². The van der Waals surface area contributed by atoms with E-state index in [1.807, 2.05) is 0 Å². The molecule has 0 radical (unpaired) electrons. The van der Waals surface area contributed by atoms with Gasteiger partial charge >= 0.3 is 0 Å². The standard InChI is InChI=1S/C20H20BrN/c1-12-9-13(2)19-18(10-12)16-7-4-8-17(16)20(22-19)14-5-3-6-15(21)11-14/h3-7,9-11,16-17,20,22H,8H2,1-2H3/t16-,17+,20-/m1/s1. The Balaban J connectivity index is 1.84. The lowest BCUT2D eigenvalue weighted by atomic mass is 9.76. The van der Waals surface area contributed by atoms with Crippen molar-refractivity contribution in [1.29, 1.82) is 0 Å². The second-order valence-corrected chi connectivity index (χ2v) is 7.49. The van der Waals surface area contributed by atoms with Gasteiger partial charge in [-0.25, -0.2) is 0 Å². The Hall–Kier alpha value is -1.54. The molecular formula is C20H20BrN. The predicted octanol–water partition coefficient (Wildman–Crippen LogP) is 5.89. The number of rotatable bonds is 1. The zero-order valence-corrected chi connectivity index (χ0v) is 14.5. The zero-order valence-electron chi connectivity index (χ0n) is 12.9. The van der Waals surface area contributed by atoms with Gasteiger partial charge in [0.2, 0.25) is 0 Å². The molecule has 0 unspecified atom stereocenters. The summed E-state index contributed by atoms with van der Waals surface area (Å²) in [6.45, 7) is 4.41. The lowest BCUT2D eigenvalue weighted by molar-refractivity contribution is 0.425. The molecule has 2 aliphatic rings. The summed E-state index contributed by atoms with van der Waals surface area (Å²) in [5.41, 5.74) is 6.90. The molecule has 112 valence electrons. The van der Waals surface area contributed by atoms with Crippen LogP contribution in [0.1, 0.15) is 40.6 Å². The Morgan fingerprint density at radius 1 is 1.14 bits per heavy atom. The predicted molar refractivity (Wildman–Crippen MR) is 96.4 cm³/mol. The smallest absolute Gasteiger partial charge is 0.0554 e.